The molecule has 0 fully saturated rings. The molecule has 3 aromatic rings. The van der Waals surface area contributed by atoms with Gasteiger partial charge in [0.15, 0.2) is 0 Å². The summed E-state index contributed by atoms with van der Waals surface area (Å²) in [5, 5.41) is 4.05. The summed E-state index contributed by atoms with van der Waals surface area (Å²) in [4.78, 5) is 4.44. The van der Waals surface area contributed by atoms with Crippen LogP contribution in [0.5, 0.6) is 0 Å². The van der Waals surface area contributed by atoms with E-state index in [1.165, 1.54) is 11.1 Å². The van der Waals surface area contributed by atoms with Crippen LogP contribution in [-0.2, 0) is 0 Å². The second kappa shape index (κ2) is 4.81. The van der Waals surface area contributed by atoms with Crippen molar-refractivity contribution in [3.63, 3.8) is 0 Å². The number of nitrogens with two attached hydrogens (primary N) is 1. The summed E-state index contributed by atoms with van der Waals surface area (Å²) in [6, 6.07) is 13.6. The van der Waals surface area contributed by atoms with Crippen LogP contribution < -0.4 is 5.73 Å². The van der Waals surface area contributed by atoms with E-state index in [4.69, 9.17) is 10.3 Å². The monoisotopic (exact) mass is 265 g/mol. The van der Waals surface area contributed by atoms with Crippen LogP contribution in [-0.4, -0.2) is 10.1 Å². The lowest BCUT2D eigenvalue weighted by Crippen LogP contribution is -1.86. The minimum absolute atomic E-state index is 0.478. The van der Waals surface area contributed by atoms with Crippen molar-refractivity contribution >= 4 is 5.69 Å². The number of aromatic nitrogens is 2. The molecule has 0 aliphatic carbocycles. The van der Waals surface area contributed by atoms with Gasteiger partial charge in [-0.15, -0.1) is 0 Å². The smallest absolute Gasteiger partial charge is 0.258 e. The highest BCUT2D eigenvalue weighted by atomic mass is 16.5. The number of benzene rings is 2. The molecule has 0 radical (unpaired) electrons. The molecule has 2 N–H and O–H groups in total. The van der Waals surface area contributed by atoms with Crippen molar-refractivity contribution in [1.82, 2.24) is 10.1 Å². The summed E-state index contributed by atoms with van der Waals surface area (Å²) in [6.07, 6.45) is 0. The molecule has 0 amide bonds. The van der Waals surface area contributed by atoms with Gasteiger partial charge in [-0.25, -0.2) is 0 Å². The highest BCUT2D eigenvalue weighted by Gasteiger charge is 2.11. The molecule has 4 heteroatoms. The van der Waals surface area contributed by atoms with Crippen molar-refractivity contribution in [2.24, 2.45) is 0 Å². The molecular formula is C16H15N3O. The Morgan fingerprint density at radius 2 is 1.70 bits per heavy atom. The molecule has 20 heavy (non-hydrogen) atoms. The van der Waals surface area contributed by atoms with E-state index < -0.39 is 0 Å². The second-order valence-corrected chi connectivity index (χ2v) is 4.92. The zero-order valence-corrected chi connectivity index (χ0v) is 11.4. The molecule has 2 aromatic carbocycles. The lowest BCUT2D eigenvalue weighted by atomic mass is 10.1. The molecule has 0 aliphatic rings. The lowest BCUT2D eigenvalue weighted by Gasteiger charge is -1.99. The normalized spacial score (nSPS) is 10.7. The third-order valence-electron chi connectivity index (χ3n) is 3.04. The van der Waals surface area contributed by atoms with Crippen LogP contribution in [0.4, 0.5) is 5.69 Å². The minimum atomic E-state index is 0.478. The lowest BCUT2D eigenvalue weighted by molar-refractivity contribution is 0.432. The number of nitrogens with zero attached hydrogens (tertiary/aromatic N) is 2. The quantitative estimate of drug-likeness (QED) is 0.719. The molecule has 0 atom stereocenters. The van der Waals surface area contributed by atoms with E-state index in [0.29, 0.717) is 17.4 Å². The molecule has 0 spiro atoms. The fourth-order valence-corrected chi connectivity index (χ4v) is 2.23. The van der Waals surface area contributed by atoms with E-state index in [9.17, 15) is 0 Å². The number of anilines is 1. The van der Waals surface area contributed by atoms with Crippen LogP contribution in [0.3, 0.4) is 0 Å². The Hall–Kier alpha value is -2.62. The van der Waals surface area contributed by atoms with E-state index >= 15 is 0 Å². The number of rotatable bonds is 2. The van der Waals surface area contributed by atoms with E-state index in [1.54, 1.807) is 0 Å². The van der Waals surface area contributed by atoms with Gasteiger partial charge >= 0.3 is 0 Å². The maximum Gasteiger partial charge on any atom is 0.258 e. The van der Waals surface area contributed by atoms with Gasteiger partial charge in [0.05, 0.1) is 0 Å². The van der Waals surface area contributed by atoms with Crippen LogP contribution in [0.2, 0.25) is 0 Å². The summed E-state index contributed by atoms with van der Waals surface area (Å²) >= 11 is 0. The minimum Gasteiger partial charge on any atom is -0.399 e. The zero-order valence-electron chi connectivity index (χ0n) is 11.4. The molecule has 0 unspecified atom stereocenters. The maximum absolute atomic E-state index is 5.76. The molecule has 4 nitrogen and oxygen atoms in total. The van der Waals surface area contributed by atoms with Crippen molar-refractivity contribution < 1.29 is 4.52 Å². The summed E-state index contributed by atoms with van der Waals surface area (Å²) in [5.41, 5.74) is 10.6. The van der Waals surface area contributed by atoms with Crippen molar-refractivity contribution in [2.45, 2.75) is 13.8 Å². The predicted molar refractivity (Wildman–Crippen MR) is 79.1 cm³/mol. The third-order valence-corrected chi connectivity index (χ3v) is 3.04. The Bertz CT molecular complexity index is 742. The SMILES string of the molecule is Cc1cc(C)cc(-c2noc(-c3cccc(N)c3)n2)c1. The van der Waals surface area contributed by atoms with Gasteiger partial charge < -0.3 is 10.3 Å². The van der Waals surface area contributed by atoms with Crippen LogP contribution in [0.25, 0.3) is 22.8 Å². The largest absolute Gasteiger partial charge is 0.399 e. The van der Waals surface area contributed by atoms with E-state index in [1.807, 2.05) is 36.4 Å². The Kier molecular flexibility index (Phi) is 2.99. The molecule has 3 rings (SSSR count). The van der Waals surface area contributed by atoms with Gasteiger partial charge in [0.2, 0.25) is 5.82 Å². The van der Waals surface area contributed by atoms with Crippen LogP contribution in [0, 0.1) is 13.8 Å². The molecule has 0 bridgehead atoms. The van der Waals surface area contributed by atoms with Gasteiger partial charge in [0.1, 0.15) is 0 Å². The van der Waals surface area contributed by atoms with Crippen molar-refractivity contribution in [2.75, 3.05) is 5.73 Å². The van der Waals surface area contributed by atoms with Gasteiger partial charge in [0, 0.05) is 16.8 Å². The van der Waals surface area contributed by atoms with Gasteiger partial charge in [-0.2, -0.15) is 4.98 Å². The fraction of sp³-hybridized carbons (Fsp3) is 0.125. The van der Waals surface area contributed by atoms with E-state index in [-0.39, 0.29) is 0 Å². The molecular weight excluding hydrogens is 250 g/mol. The first-order valence-electron chi connectivity index (χ1n) is 6.40. The Morgan fingerprint density at radius 3 is 2.40 bits per heavy atom. The van der Waals surface area contributed by atoms with E-state index in [2.05, 4.69) is 30.1 Å². The summed E-state index contributed by atoms with van der Waals surface area (Å²) < 4.78 is 5.32. The fourth-order valence-electron chi connectivity index (χ4n) is 2.23. The molecule has 100 valence electrons. The summed E-state index contributed by atoms with van der Waals surface area (Å²) in [5.74, 6) is 1.07. The summed E-state index contributed by atoms with van der Waals surface area (Å²) in [6.45, 7) is 4.10. The Morgan fingerprint density at radius 1 is 0.950 bits per heavy atom. The number of nitrogen functional groups attached to an aromatic ring is 1. The van der Waals surface area contributed by atoms with E-state index in [0.717, 1.165) is 11.1 Å². The zero-order chi connectivity index (χ0) is 14.1. The third kappa shape index (κ3) is 2.40. The van der Waals surface area contributed by atoms with Gasteiger partial charge in [0.25, 0.3) is 5.89 Å². The summed E-state index contributed by atoms with van der Waals surface area (Å²) in [7, 11) is 0. The standard InChI is InChI=1S/C16H15N3O/c1-10-6-11(2)8-13(7-10)15-18-16(20-19-15)12-4-3-5-14(17)9-12/h3-9H,17H2,1-2H3. The molecule has 0 aliphatic heterocycles. The maximum atomic E-state index is 5.76. The second-order valence-electron chi connectivity index (χ2n) is 4.92. The number of hydrogen-bond donors (Lipinski definition) is 1. The highest BCUT2D eigenvalue weighted by Crippen LogP contribution is 2.24. The van der Waals surface area contributed by atoms with Crippen LogP contribution >= 0.6 is 0 Å². The molecule has 1 heterocycles. The first-order valence-corrected chi connectivity index (χ1v) is 6.40. The van der Waals surface area contributed by atoms with Crippen molar-refractivity contribution in [3.05, 3.63) is 53.6 Å². The van der Waals surface area contributed by atoms with Crippen LogP contribution in [0.15, 0.2) is 47.0 Å². The molecule has 0 saturated carbocycles. The molecule has 1 aromatic heterocycles. The predicted octanol–water partition coefficient (Wildman–Crippen LogP) is 3.60. The molecule has 0 saturated heterocycles. The van der Waals surface area contributed by atoms with Gasteiger partial charge in [-0.05, 0) is 44.2 Å². The van der Waals surface area contributed by atoms with Crippen molar-refractivity contribution in [1.29, 1.82) is 0 Å². The Balaban J connectivity index is 2.02. The first-order chi connectivity index (χ1) is 9.61. The average Bonchev–Trinajstić information content (AvgIpc) is 2.87. The Labute approximate surface area is 117 Å². The number of aryl methyl sites for hydroxylation is 2. The van der Waals surface area contributed by atoms with Crippen molar-refractivity contribution in [3.8, 4) is 22.8 Å². The number of hydrogen-bond acceptors (Lipinski definition) is 4. The average molecular weight is 265 g/mol. The van der Waals surface area contributed by atoms with Gasteiger partial charge in [-0.3, -0.25) is 0 Å². The highest BCUT2D eigenvalue weighted by molar-refractivity contribution is 5.63. The first kappa shape index (κ1) is 12.4. The van der Waals surface area contributed by atoms with Crippen LogP contribution in [0.1, 0.15) is 11.1 Å². The topological polar surface area (TPSA) is 64.9 Å². The van der Waals surface area contributed by atoms with Gasteiger partial charge in [-0.1, -0.05) is 28.4 Å².